The second-order valence-electron chi connectivity index (χ2n) is 4.06. The highest BCUT2D eigenvalue weighted by molar-refractivity contribution is 6.06. The number of rotatable bonds is 3. The van der Waals surface area contributed by atoms with Crippen molar-refractivity contribution in [1.29, 1.82) is 0 Å². The molecule has 0 aliphatic rings. The van der Waals surface area contributed by atoms with E-state index in [9.17, 15) is 9.18 Å². The first-order valence-electron chi connectivity index (χ1n) is 5.70. The Kier molecular flexibility index (Phi) is 3.68. The maximum absolute atomic E-state index is 12.9. The molecule has 2 aromatic carbocycles. The van der Waals surface area contributed by atoms with Crippen LogP contribution in [0.3, 0.4) is 0 Å². The minimum absolute atomic E-state index is 0.0562. The van der Waals surface area contributed by atoms with E-state index in [0.29, 0.717) is 5.56 Å². The van der Waals surface area contributed by atoms with Crippen LogP contribution >= 0.6 is 0 Å². The summed E-state index contributed by atoms with van der Waals surface area (Å²) in [6, 6.07) is 13.6. The van der Waals surface area contributed by atoms with Crippen LogP contribution in [0, 0.1) is 12.7 Å². The fourth-order valence-corrected chi connectivity index (χ4v) is 1.69. The molecule has 1 nitrogen and oxygen atoms in total. The van der Waals surface area contributed by atoms with E-state index in [-0.39, 0.29) is 11.6 Å². The van der Waals surface area contributed by atoms with Gasteiger partial charge in [-0.05, 0) is 36.3 Å². The van der Waals surface area contributed by atoms with Crippen LogP contribution in [0.25, 0.3) is 6.08 Å². The van der Waals surface area contributed by atoms with Gasteiger partial charge in [0, 0.05) is 5.56 Å². The molecule has 0 fully saturated rings. The minimum Gasteiger partial charge on any atom is -0.289 e. The first kappa shape index (κ1) is 12.2. The number of carbonyl (C=O) groups is 1. The fourth-order valence-electron chi connectivity index (χ4n) is 1.69. The molecular formula is C16H13FO. The summed E-state index contributed by atoms with van der Waals surface area (Å²) in [6.07, 6.45) is 3.22. The molecule has 0 amide bonds. The van der Waals surface area contributed by atoms with Crippen LogP contribution in [0.15, 0.2) is 54.6 Å². The monoisotopic (exact) mass is 240 g/mol. The highest BCUT2D eigenvalue weighted by atomic mass is 19.1. The molecule has 0 N–H and O–H groups in total. The average molecular weight is 240 g/mol. The molecule has 0 bridgehead atoms. The highest BCUT2D eigenvalue weighted by Crippen LogP contribution is 2.12. The first-order chi connectivity index (χ1) is 8.66. The zero-order chi connectivity index (χ0) is 13.0. The van der Waals surface area contributed by atoms with E-state index in [1.807, 2.05) is 25.1 Å². The standard InChI is InChI=1S/C16H13FO/c1-12-11-15(17)9-7-13(12)8-10-16(18)14-5-3-2-4-6-14/h2-11H,1H3. The van der Waals surface area contributed by atoms with Crippen LogP contribution in [-0.2, 0) is 0 Å². The topological polar surface area (TPSA) is 17.1 Å². The molecule has 2 rings (SSSR count). The summed E-state index contributed by atoms with van der Waals surface area (Å²) in [6.45, 7) is 1.82. The summed E-state index contributed by atoms with van der Waals surface area (Å²) >= 11 is 0. The van der Waals surface area contributed by atoms with Gasteiger partial charge >= 0.3 is 0 Å². The summed E-state index contributed by atoms with van der Waals surface area (Å²) < 4.78 is 12.9. The van der Waals surface area contributed by atoms with Crippen LogP contribution in [0.4, 0.5) is 4.39 Å². The lowest BCUT2D eigenvalue weighted by Gasteiger charge is -2.00. The lowest BCUT2D eigenvalue weighted by Crippen LogP contribution is -1.93. The third-order valence-electron chi connectivity index (χ3n) is 2.70. The molecule has 0 radical (unpaired) electrons. The number of hydrogen-bond donors (Lipinski definition) is 0. The second-order valence-corrected chi connectivity index (χ2v) is 4.06. The van der Waals surface area contributed by atoms with Gasteiger partial charge in [-0.15, -0.1) is 0 Å². The Balaban J connectivity index is 2.19. The van der Waals surface area contributed by atoms with Gasteiger partial charge in [-0.25, -0.2) is 4.39 Å². The van der Waals surface area contributed by atoms with Crippen molar-refractivity contribution in [3.05, 3.63) is 77.1 Å². The van der Waals surface area contributed by atoms with E-state index in [1.165, 1.54) is 18.2 Å². The van der Waals surface area contributed by atoms with Crippen molar-refractivity contribution in [2.24, 2.45) is 0 Å². The van der Waals surface area contributed by atoms with E-state index in [0.717, 1.165) is 11.1 Å². The van der Waals surface area contributed by atoms with E-state index < -0.39 is 0 Å². The molecule has 0 heterocycles. The van der Waals surface area contributed by atoms with Gasteiger partial charge in [0.05, 0.1) is 0 Å². The SMILES string of the molecule is Cc1cc(F)ccc1C=CC(=O)c1ccccc1. The lowest BCUT2D eigenvalue weighted by molar-refractivity contribution is 0.104. The lowest BCUT2D eigenvalue weighted by atomic mass is 10.1. The first-order valence-corrected chi connectivity index (χ1v) is 5.70. The minimum atomic E-state index is -0.265. The van der Waals surface area contributed by atoms with Crippen LogP contribution in [0.1, 0.15) is 21.5 Å². The molecule has 0 unspecified atom stereocenters. The zero-order valence-corrected chi connectivity index (χ0v) is 10.1. The predicted octanol–water partition coefficient (Wildman–Crippen LogP) is 4.03. The largest absolute Gasteiger partial charge is 0.289 e. The van der Waals surface area contributed by atoms with Crippen LogP contribution in [0.2, 0.25) is 0 Å². The summed E-state index contributed by atoms with van der Waals surface area (Å²) in [7, 11) is 0. The van der Waals surface area contributed by atoms with E-state index in [1.54, 1.807) is 24.3 Å². The number of aryl methyl sites for hydroxylation is 1. The Morgan fingerprint density at radius 3 is 2.50 bits per heavy atom. The van der Waals surface area contributed by atoms with Gasteiger partial charge in [0.2, 0.25) is 0 Å². The van der Waals surface area contributed by atoms with Crippen molar-refractivity contribution in [3.63, 3.8) is 0 Å². The van der Waals surface area contributed by atoms with E-state index in [2.05, 4.69) is 0 Å². The molecule has 90 valence electrons. The van der Waals surface area contributed by atoms with Gasteiger partial charge < -0.3 is 0 Å². The molecule has 2 aromatic rings. The summed E-state index contributed by atoms with van der Waals surface area (Å²) in [5, 5.41) is 0. The number of halogens is 1. The van der Waals surface area contributed by atoms with Gasteiger partial charge in [0.1, 0.15) is 5.82 Å². The van der Waals surface area contributed by atoms with Crippen molar-refractivity contribution in [2.45, 2.75) is 6.92 Å². The van der Waals surface area contributed by atoms with Crippen molar-refractivity contribution in [1.82, 2.24) is 0 Å². The van der Waals surface area contributed by atoms with Gasteiger partial charge in [-0.2, -0.15) is 0 Å². The van der Waals surface area contributed by atoms with Crippen molar-refractivity contribution >= 4 is 11.9 Å². The third kappa shape index (κ3) is 2.92. The van der Waals surface area contributed by atoms with Crippen LogP contribution in [-0.4, -0.2) is 5.78 Å². The molecule has 0 aromatic heterocycles. The maximum Gasteiger partial charge on any atom is 0.185 e. The van der Waals surface area contributed by atoms with Gasteiger partial charge in [-0.1, -0.05) is 42.5 Å². The molecule has 0 spiro atoms. The molecule has 2 heteroatoms. The highest BCUT2D eigenvalue weighted by Gasteiger charge is 2.01. The van der Waals surface area contributed by atoms with Gasteiger partial charge in [-0.3, -0.25) is 4.79 Å². The predicted molar refractivity (Wildman–Crippen MR) is 70.9 cm³/mol. The Morgan fingerprint density at radius 1 is 1.11 bits per heavy atom. The van der Waals surface area contributed by atoms with Gasteiger partial charge in [0.25, 0.3) is 0 Å². The maximum atomic E-state index is 12.9. The van der Waals surface area contributed by atoms with Gasteiger partial charge in [0.15, 0.2) is 5.78 Å². The Labute approximate surface area is 106 Å². The quantitative estimate of drug-likeness (QED) is 0.584. The van der Waals surface area contributed by atoms with E-state index in [4.69, 9.17) is 0 Å². The average Bonchev–Trinajstić information content (AvgIpc) is 2.38. The fraction of sp³-hybridized carbons (Fsp3) is 0.0625. The van der Waals surface area contributed by atoms with Crippen molar-refractivity contribution in [2.75, 3.05) is 0 Å². The molecule has 18 heavy (non-hydrogen) atoms. The van der Waals surface area contributed by atoms with Crippen LogP contribution < -0.4 is 0 Å². The summed E-state index contributed by atoms with van der Waals surface area (Å²) in [4.78, 5) is 11.8. The Morgan fingerprint density at radius 2 is 1.83 bits per heavy atom. The number of ketones is 1. The summed E-state index contributed by atoms with van der Waals surface area (Å²) in [5.74, 6) is -0.321. The molecular weight excluding hydrogens is 227 g/mol. The second kappa shape index (κ2) is 5.41. The van der Waals surface area contributed by atoms with E-state index >= 15 is 0 Å². The Bertz CT molecular complexity index is 585. The summed E-state index contributed by atoms with van der Waals surface area (Å²) in [5.41, 5.74) is 2.31. The molecule has 0 saturated carbocycles. The number of hydrogen-bond acceptors (Lipinski definition) is 1. The molecule has 0 aliphatic heterocycles. The van der Waals surface area contributed by atoms with Crippen molar-refractivity contribution < 1.29 is 9.18 Å². The smallest absolute Gasteiger partial charge is 0.185 e. The normalized spacial score (nSPS) is 10.8. The Hall–Kier alpha value is -2.22. The molecule has 0 atom stereocenters. The number of allylic oxidation sites excluding steroid dienone is 1. The molecule has 0 aliphatic carbocycles. The molecule has 0 saturated heterocycles. The van der Waals surface area contributed by atoms with Crippen molar-refractivity contribution in [3.8, 4) is 0 Å². The number of benzene rings is 2. The van der Waals surface area contributed by atoms with Crippen LogP contribution in [0.5, 0.6) is 0 Å². The zero-order valence-electron chi connectivity index (χ0n) is 10.1. The third-order valence-corrected chi connectivity index (χ3v) is 2.70. The number of carbonyl (C=O) groups excluding carboxylic acids is 1.